The first kappa shape index (κ1) is 12.8. The molecule has 0 saturated carbocycles. The second-order valence-corrected chi connectivity index (χ2v) is 5.14. The van der Waals surface area contributed by atoms with Gasteiger partial charge in [0.05, 0.1) is 6.04 Å². The molecule has 6 nitrogen and oxygen atoms in total. The number of rotatable bonds is 4. The molecule has 1 aliphatic heterocycles. The standard InChI is InChI=1S/C11H15N3O3S/c1-7-6-18-11(17)14(7)3-2-9(15)13-8-4-10(16)12-5-8/h6,8H,2-5H2,1H3,(H,12,16)(H,13,15). The zero-order chi connectivity index (χ0) is 13.1. The van der Waals surface area contributed by atoms with E-state index in [1.165, 1.54) is 0 Å². The number of nitrogens with zero attached hydrogens (tertiary/aromatic N) is 1. The average molecular weight is 269 g/mol. The maximum absolute atomic E-state index is 11.7. The highest BCUT2D eigenvalue weighted by Crippen LogP contribution is 2.02. The predicted molar refractivity (Wildman–Crippen MR) is 67.5 cm³/mol. The Balaban J connectivity index is 1.82. The summed E-state index contributed by atoms with van der Waals surface area (Å²) < 4.78 is 1.59. The van der Waals surface area contributed by atoms with E-state index in [1.807, 2.05) is 6.92 Å². The summed E-state index contributed by atoms with van der Waals surface area (Å²) >= 11 is 1.14. The molecule has 7 heteroatoms. The van der Waals surface area contributed by atoms with Gasteiger partial charge in [-0.1, -0.05) is 11.3 Å². The zero-order valence-corrected chi connectivity index (χ0v) is 10.9. The first-order chi connectivity index (χ1) is 8.56. The van der Waals surface area contributed by atoms with Gasteiger partial charge < -0.3 is 15.2 Å². The smallest absolute Gasteiger partial charge is 0.307 e. The van der Waals surface area contributed by atoms with Crippen molar-refractivity contribution in [2.45, 2.75) is 32.4 Å². The summed E-state index contributed by atoms with van der Waals surface area (Å²) in [5.74, 6) is -0.167. The van der Waals surface area contributed by atoms with E-state index in [9.17, 15) is 14.4 Å². The van der Waals surface area contributed by atoms with Crippen molar-refractivity contribution in [3.05, 3.63) is 20.7 Å². The summed E-state index contributed by atoms with van der Waals surface area (Å²) in [6.45, 7) is 2.71. The van der Waals surface area contributed by atoms with E-state index < -0.39 is 0 Å². The molecule has 0 bridgehead atoms. The van der Waals surface area contributed by atoms with E-state index in [0.717, 1.165) is 17.0 Å². The van der Waals surface area contributed by atoms with Gasteiger partial charge in [0.2, 0.25) is 11.8 Å². The van der Waals surface area contributed by atoms with Gasteiger partial charge >= 0.3 is 4.87 Å². The summed E-state index contributed by atoms with van der Waals surface area (Å²) in [4.78, 5) is 34.0. The Hall–Kier alpha value is -1.63. The van der Waals surface area contributed by atoms with Crippen LogP contribution in [0.2, 0.25) is 0 Å². The first-order valence-electron chi connectivity index (χ1n) is 5.77. The number of amides is 2. The average Bonchev–Trinajstić information content (AvgIpc) is 2.84. The molecule has 1 aromatic heterocycles. The van der Waals surface area contributed by atoms with Crippen LogP contribution in [0.5, 0.6) is 0 Å². The molecule has 0 radical (unpaired) electrons. The van der Waals surface area contributed by atoms with Gasteiger partial charge in [0.1, 0.15) is 0 Å². The summed E-state index contributed by atoms with van der Waals surface area (Å²) in [5, 5.41) is 7.21. The number of carbonyl (C=O) groups is 2. The molecule has 1 unspecified atom stereocenters. The minimum Gasteiger partial charge on any atom is -0.354 e. The summed E-state index contributed by atoms with van der Waals surface area (Å²) in [6, 6.07) is -0.120. The van der Waals surface area contributed by atoms with Crippen LogP contribution in [0.15, 0.2) is 10.2 Å². The molecule has 2 amide bonds. The maximum atomic E-state index is 11.7. The van der Waals surface area contributed by atoms with E-state index in [1.54, 1.807) is 9.95 Å². The van der Waals surface area contributed by atoms with Crippen molar-refractivity contribution in [3.63, 3.8) is 0 Å². The predicted octanol–water partition coefficient (Wildman–Crippen LogP) is -0.387. The molecule has 0 spiro atoms. The molecule has 18 heavy (non-hydrogen) atoms. The molecule has 1 fully saturated rings. The number of aromatic nitrogens is 1. The van der Waals surface area contributed by atoms with Crippen LogP contribution in [0.4, 0.5) is 0 Å². The largest absolute Gasteiger partial charge is 0.354 e. The van der Waals surface area contributed by atoms with Crippen LogP contribution in [0, 0.1) is 6.92 Å². The maximum Gasteiger partial charge on any atom is 0.307 e. The van der Waals surface area contributed by atoms with Crippen molar-refractivity contribution in [2.24, 2.45) is 0 Å². The Morgan fingerprint density at radius 2 is 2.39 bits per heavy atom. The van der Waals surface area contributed by atoms with Crippen molar-refractivity contribution in [3.8, 4) is 0 Å². The van der Waals surface area contributed by atoms with Gasteiger partial charge in [0.25, 0.3) is 0 Å². The fourth-order valence-corrected chi connectivity index (χ4v) is 2.66. The van der Waals surface area contributed by atoms with Crippen molar-refractivity contribution < 1.29 is 9.59 Å². The lowest BCUT2D eigenvalue weighted by Crippen LogP contribution is -2.36. The molecular weight excluding hydrogens is 254 g/mol. The third-order valence-corrected chi connectivity index (χ3v) is 3.76. The van der Waals surface area contributed by atoms with E-state index in [2.05, 4.69) is 10.6 Å². The monoisotopic (exact) mass is 269 g/mol. The Bertz CT molecular complexity index is 520. The molecule has 2 rings (SSSR count). The first-order valence-corrected chi connectivity index (χ1v) is 6.65. The van der Waals surface area contributed by atoms with Gasteiger partial charge in [-0.3, -0.25) is 14.4 Å². The van der Waals surface area contributed by atoms with E-state index in [-0.39, 0.29) is 29.1 Å². The van der Waals surface area contributed by atoms with Gasteiger partial charge in [0, 0.05) is 37.0 Å². The van der Waals surface area contributed by atoms with Crippen LogP contribution >= 0.6 is 11.3 Å². The Morgan fingerprint density at radius 1 is 1.61 bits per heavy atom. The van der Waals surface area contributed by atoms with Gasteiger partial charge in [-0.25, -0.2) is 0 Å². The minimum absolute atomic E-state index is 0.0369. The van der Waals surface area contributed by atoms with Crippen LogP contribution in [0.1, 0.15) is 18.5 Å². The molecule has 1 saturated heterocycles. The summed E-state index contributed by atoms with van der Waals surface area (Å²) in [5.41, 5.74) is 0.871. The third-order valence-electron chi connectivity index (χ3n) is 2.88. The fourth-order valence-electron chi connectivity index (χ4n) is 1.89. The number of hydrogen-bond donors (Lipinski definition) is 2. The van der Waals surface area contributed by atoms with E-state index >= 15 is 0 Å². The zero-order valence-electron chi connectivity index (χ0n) is 10.1. The minimum atomic E-state index is -0.131. The molecule has 1 atom stereocenters. The molecule has 0 aromatic carbocycles. The van der Waals surface area contributed by atoms with Crippen LogP contribution in [-0.2, 0) is 16.1 Å². The highest BCUT2D eigenvalue weighted by atomic mass is 32.1. The Kier molecular flexibility index (Phi) is 3.81. The number of carbonyl (C=O) groups excluding carboxylic acids is 2. The number of aryl methyl sites for hydroxylation is 1. The molecule has 2 heterocycles. The lowest BCUT2D eigenvalue weighted by Gasteiger charge is -2.10. The topological polar surface area (TPSA) is 80.2 Å². The van der Waals surface area contributed by atoms with Crippen LogP contribution in [0.25, 0.3) is 0 Å². The quantitative estimate of drug-likeness (QED) is 0.781. The van der Waals surface area contributed by atoms with Crippen molar-refractivity contribution in [2.75, 3.05) is 6.54 Å². The lowest BCUT2D eigenvalue weighted by atomic mass is 10.2. The van der Waals surface area contributed by atoms with Gasteiger partial charge in [-0.2, -0.15) is 0 Å². The Morgan fingerprint density at radius 3 is 2.94 bits per heavy atom. The molecule has 1 aliphatic rings. The van der Waals surface area contributed by atoms with Crippen LogP contribution in [-0.4, -0.2) is 29.0 Å². The second kappa shape index (κ2) is 5.34. The van der Waals surface area contributed by atoms with E-state index in [0.29, 0.717) is 19.5 Å². The fraction of sp³-hybridized carbons (Fsp3) is 0.545. The highest BCUT2D eigenvalue weighted by Gasteiger charge is 2.22. The van der Waals surface area contributed by atoms with Crippen LogP contribution < -0.4 is 15.5 Å². The molecule has 98 valence electrons. The van der Waals surface area contributed by atoms with Gasteiger partial charge in [-0.15, -0.1) is 0 Å². The highest BCUT2D eigenvalue weighted by molar-refractivity contribution is 7.07. The summed E-state index contributed by atoms with van der Waals surface area (Å²) in [6.07, 6.45) is 0.589. The SMILES string of the molecule is Cc1csc(=O)n1CCC(=O)NC1CNC(=O)C1. The number of nitrogens with one attached hydrogen (secondary N) is 2. The lowest BCUT2D eigenvalue weighted by molar-refractivity contribution is -0.122. The number of thiazole rings is 1. The second-order valence-electron chi connectivity index (χ2n) is 4.32. The van der Waals surface area contributed by atoms with Crippen molar-refractivity contribution in [1.29, 1.82) is 0 Å². The van der Waals surface area contributed by atoms with Crippen molar-refractivity contribution in [1.82, 2.24) is 15.2 Å². The molecule has 1 aromatic rings. The van der Waals surface area contributed by atoms with Gasteiger partial charge in [-0.05, 0) is 6.92 Å². The van der Waals surface area contributed by atoms with Crippen molar-refractivity contribution >= 4 is 23.2 Å². The normalized spacial score (nSPS) is 18.7. The van der Waals surface area contributed by atoms with Gasteiger partial charge in [0.15, 0.2) is 0 Å². The third kappa shape index (κ3) is 2.98. The molecular formula is C11H15N3O3S. The Labute approximate surface area is 108 Å². The van der Waals surface area contributed by atoms with Crippen LogP contribution in [0.3, 0.4) is 0 Å². The molecule has 0 aliphatic carbocycles. The summed E-state index contributed by atoms with van der Waals surface area (Å²) in [7, 11) is 0. The van der Waals surface area contributed by atoms with E-state index in [4.69, 9.17) is 0 Å². The number of hydrogen-bond acceptors (Lipinski definition) is 4. The molecule has 2 N–H and O–H groups in total.